The smallest absolute Gasteiger partial charge is 0.407 e. The maximum Gasteiger partial charge on any atom is 0.407 e. The molecular weight excluding hydrogens is 608 g/mol. The number of nitrogens with zero attached hydrogens (tertiary/aromatic N) is 4. The highest BCUT2D eigenvalue weighted by Crippen LogP contribution is 2.34. The van der Waals surface area contributed by atoms with Crippen LogP contribution in [0.1, 0.15) is 76.6 Å². The number of ether oxygens (including phenoxy) is 1. The number of aromatic amines is 2. The molecule has 12 nitrogen and oxygen atoms in total. The summed E-state index contributed by atoms with van der Waals surface area (Å²) in [7, 11) is 0. The highest BCUT2D eigenvalue weighted by Gasteiger charge is 2.35. The van der Waals surface area contributed by atoms with Crippen molar-refractivity contribution < 1.29 is 19.1 Å². The number of nitrogens with one attached hydrogen (secondary N) is 3. The molecule has 0 radical (unpaired) electrons. The van der Waals surface area contributed by atoms with Gasteiger partial charge < -0.3 is 35.6 Å². The molecule has 2 aliphatic heterocycles. The zero-order valence-electron chi connectivity index (χ0n) is 27.7. The highest BCUT2D eigenvalue weighted by atomic mass is 16.5. The summed E-state index contributed by atoms with van der Waals surface area (Å²) >= 11 is 0. The third-order valence-electron chi connectivity index (χ3n) is 9.15. The van der Waals surface area contributed by atoms with Crippen molar-refractivity contribution in [2.75, 3.05) is 19.7 Å². The average Bonchev–Trinajstić information content (AvgIpc) is 3.93. The molecular formula is C36H44N8O4. The second-order valence-electron chi connectivity index (χ2n) is 12.7. The number of likely N-dealkylation sites (tertiary alicyclic amines) is 2. The average molecular weight is 653 g/mol. The van der Waals surface area contributed by atoms with E-state index in [1.807, 2.05) is 18.0 Å². The molecule has 5 N–H and O–H groups in total. The Bertz CT molecular complexity index is 1730. The molecule has 2 fully saturated rings. The lowest BCUT2D eigenvalue weighted by atomic mass is 10.0. The number of H-pyrrole nitrogens is 2. The number of imidazole rings is 2. The molecule has 2 aromatic carbocycles. The molecule has 0 bridgehead atoms. The molecule has 1 unspecified atom stereocenters. The Morgan fingerprint density at radius 3 is 1.73 bits per heavy atom. The van der Waals surface area contributed by atoms with Crippen molar-refractivity contribution in [3.05, 3.63) is 72.6 Å². The SMILES string of the molecule is CCCOC(=O)N[C@@H](C)C(=O)N1CCCC1c1ncc(-c2ccc(-c3ccc(-c4cnc([C@@H]5CCCN5C(=O)[C@H](C)N)[nH]4)cc3)cc2)[nH]1. The summed E-state index contributed by atoms with van der Waals surface area (Å²) in [5.41, 5.74) is 11.8. The molecule has 48 heavy (non-hydrogen) atoms. The number of rotatable bonds is 10. The van der Waals surface area contributed by atoms with Gasteiger partial charge in [-0.05, 0) is 68.2 Å². The molecule has 3 amide bonds. The lowest BCUT2D eigenvalue weighted by Gasteiger charge is -2.26. The molecule has 252 valence electrons. The zero-order chi connectivity index (χ0) is 33.8. The van der Waals surface area contributed by atoms with Crippen LogP contribution in [0.4, 0.5) is 4.79 Å². The van der Waals surface area contributed by atoms with Crippen LogP contribution in [-0.2, 0) is 14.3 Å². The second kappa shape index (κ2) is 14.4. The minimum absolute atomic E-state index is 0.0436. The van der Waals surface area contributed by atoms with E-state index >= 15 is 0 Å². The van der Waals surface area contributed by atoms with E-state index in [2.05, 4.69) is 73.8 Å². The summed E-state index contributed by atoms with van der Waals surface area (Å²) in [4.78, 5) is 57.5. The van der Waals surface area contributed by atoms with Gasteiger partial charge in [-0.3, -0.25) is 9.59 Å². The third-order valence-corrected chi connectivity index (χ3v) is 9.15. The maximum absolute atomic E-state index is 13.2. The molecule has 4 aromatic rings. The van der Waals surface area contributed by atoms with E-state index in [0.29, 0.717) is 19.7 Å². The van der Waals surface area contributed by atoms with Crippen LogP contribution in [0.2, 0.25) is 0 Å². The van der Waals surface area contributed by atoms with Crippen LogP contribution < -0.4 is 11.1 Å². The van der Waals surface area contributed by atoms with Crippen molar-refractivity contribution in [1.29, 1.82) is 0 Å². The number of nitrogens with two attached hydrogens (primary N) is 1. The largest absolute Gasteiger partial charge is 0.450 e. The van der Waals surface area contributed by atoms with Gasteiger partial charge in [0, 0.05) is 13.1 Å². The predicted molar refractivity (Wildman–Crippen MR) is 182 cm³/mol. The number of amides is 3. The molecule has 0 spiro atoms. The first-order valence-electron chi connectivity index (χ1n) is 16.8. The normalized spacial score (nSPS) is 18.9. The van der Waals surface area contributed by atoms with Gasteiger partial charge in [-0.2, -0.15) is 0 Å². The molecule has 2 saturated heterocycles. The Labute approximate surface area is 280 Å². The van der Waals surface area contributed by atoms with Gasteiger partial charge in [0.1, 0.15) is 17.7 Å². The quantitative estimate of drug-likeness (QED) is 0.180. The van der Waals surface area contributed by atoms with Crippen LogP contribution in [0.3, 0.4) is 0 Å². The van der Waals surface area contributed by atoms with Crippen LogP contribution in [-0.4, -0.2) is 79.4 Å². The molecule has 4 heterocycles. The van der Waals surface area contributed by atoms with Crippen molar-refractivity contribution in [2.45, 2.75) is 77.0 Å². The zero-order valence-corrected chi connectivity index (χ0v) is 27.7. The Kier molecular flexibility index (Phi) is 9.90. The molecule has 12 heteroatoms. The molecule has 0 saturated carbocycles. The summed E-state index contributed by atoms with van der Waals surface area (Å²) in [6, 6.07) is 15.1. The summed E-state index contributed by atoms with van der Waals surface area (Å²) in [6.45, 7) is 6.95. The number of carbonyl (C=O) groups excluding carboxylic acids is 3. The van der Waals surface area contributed by atoms with Crippen molar-refractivity contribution in [3.8, 4) is 33.6 Å². The fraction of sp³-hybridized carbons (Fsp3) is 0.417. The molecule has 0 aliphatic carbocycles. The van der Waals surface area contributed by atoms with E-state index in [9.17, 15) is 14.4 Å². The van der Waals surface area contributed by atoms with E-state index in [4.69, 9.17) is 10.5 Å². The van der Waals surface area contributed by atoms with E-state index in [1.54, 1.807) is 24.9 Å². The highest BCUT2D eigenvalue weighted by molar-refractivity contribution is 5.86. The topological polar surface area (TPSA) is 162 Å². The van der Waals surface area contributed by atoms with Gasteiger partial charge in [0.25, 0.3) is 0 Å². The summed E-state index contributed by atoms with van der Waals surface area (Å²) < 4.78 is 5.07. The van der Waals surface area contributed by atoms with Crippen molar-refractivity contribution in [3.63, 3.8) is 0 Å². The predicted octanol–water partition coefficient (Wildman–Crippen LogP) is 5.33. The van der Waals surface area contributed by atoms with E-state index in [1.165, 1.54) is 0 Å². The maximum atomic E-state index is 13.2. The number of benzene rings is 2. The Morgan fingerprint density at radius 1 is 0.812 bits per heavy atom. The number of hydrogen-bond donors (Lipinski definition) is 4. The minimum Gasteiger partial charge on any atom is -0.450 e. The lowest BCUT2D eigenvalue weighted by molar-refractivity contribution is -0.134. The standard InChI is InChI=1S/C36H44N8O4/c1-4-19-48-36(47)40-23(3)35(46)44-18-6-8-31(44)33-39-21-29(42-33)27-15-11-25(12-16-27)24-9-13-26(14-10-24)28-20-38-32(41-28)30-7-5-17-43(30)34(45)22(2)37/h9-16,20-23,30-31H,4-8,17-19,37H2,1-3H3,(H,38,41)(H,39,42)(H,40,47)/t22-,23-,30-,31?/m0/s1. The van der Waals surface area contributed by atoms with Gasteiger partial charge >= 0.3 is 6.09 Å². The van der Waals surface area contributed by atoms with Crippen LogP contribution >= 0.6 is 0 Å². The molecule has 4 atom stereocenters. The monoisotopic (exact) mass is 652 g/mol. The van der Waals surface area contributed by atoms with Gasteiger partial charge in [-0.1, -0.05) is 55.5 Å². The van der Waals surface area contributed by atoms with Gasteiger partial charge in [0.15, 0.2) is 0 Å². The summed E-state index contributed by atoms with van der Waals surface area (Å²) in [5.74, 6) is 1.33. The first kappa shape index (κ1) is 33.0. The van der Waals surface area contributed by atoms with Gasteiger partial charge in [0.05, 0.1) is 48.5 Å². The fourth-order valence-corrected chi connectivity index (χ4v) is 6.60. The first-order valence-corrected chi connectivity index (χ1v) is 16.8. The Hall–Kier alpha value is -4.97. The van der Waals surface area contributed by atoms with Crippen LogP contribution in [0.5, 0.6) is 0 Å². The van der Waals surface area contributed by atoms with Crippen LogP contribution in [0.15, 0.2) is 60.9 Å². The number of carbonyl (C=O) groups is 3. The third kappa shape index (κ3) is 6.98. The fourth-order valence-electron chi connectivity index (χ4n) is 6.60. The lowest BCUT2D eigenvalue weighted by Crippen LogP contribution is -2.47. The second-order valence-corrected chi connectivity index (χ2v) is 12.7. The number of alkyl carbamates (subject to hydrolysis) is 1. The van der Waals surface area contributed by atoms with E-state index in [-0.39, 0.29) is 23.9 Å². The summed E-state index contributed by atoms with van der Waals surface area (Å²) in [5, 5.41) is 2.64. The van der Waals surface area contributed by atoms with Crippen molar-refractivity contribution >= 4 is 17.9 Å². The van der Waals surface area contributed by atoms with Crippen molar-refractivity contribution in [2.24, 2.45) is 5.73 Å². The van der Waals surface area contributed by atoms with Gasteiger partial charge in [-0.25, -0.2) is 14.8 Å². The van der Waals surface area contributed by atoms with E-state index in [0.717, 1.165) is 77.4 Å². The van der Waals surface area contributed by atoms with E-state index < -0.39 is 18.2 Å². The minimum atomic E-state index is -0.691. The number of hydrogen-bond acceptors (Lipinski definition) is 7. The van der Waals surface area contributed by atoms with Gasteiger partial charge in [-0.15, -0.1) is 0 Å². The Balaban J connectivity index is 1.09. The summed E-state index contributed by atoms with van der Waals surface area (Å²) in [6.07, 6.45) is 7.24. The van der Waals surface area contributed by atoms with Gasteiger partial charge in [0.2, 0.25) is 11.8 Å². The van der Waals surface area contributed by atoms with Crippen molar-refractivity contribution in [1.82, 2.24) is 35.1 Å². The van der Waals surface area contributed by atoms with Crippen LogP contribution in [0.25, 0.3) is 33.6 Å². The molecule has 2 aromatic heterocycles. The van der Waals surface area contributed by atoms with Crippen LogP contribution in [0, 0.1) is 0 Å². The first-order chi connectivity index (χ1) is 23.2. The molecule has 6 rings (SSSR count). The Morgan fingerprint density at radius 2 is 1.27 bits per heavy atom. The molecule has 2 aliphatic rings. The number of aromatic nitrogens is 4.